The fourth-order valence-electron chi connectivity index (χ4n) is 2.00. The fraction of sp³-hybridized carbons (Fsp3) is 0.267. The van der Waals surface area contributed by atoms with Crippen LogP contribution in [0.3, 0.4) is 0 Å². The quantitative estimate of drug-likeness (QED) is 0.491. The first kappa shape index (κ1) is 13.4. The van der Waals surface area contributed by atoms with E-state index in [1.165, 1.54) is 0 Å². The van der Waals surface area contributed by atoms with Crippen LogP contribution in [-0.2, 0) is 4.79 Å². The van der Waals surface area contributed by atoms with Crippen molar-refractivity contribution in [2.75, 3.05) is 0 Å². The van der Waals surface area contributed by atoms with Gasteiger partial charge >= 0.3 is 0 Å². The van der Waals surface area contributed by atoms with Gasteiger partial charge in [-0.3, -0.25) is 10.2 Å². The molecule has 1 atom stereocenters. The highest BCUT2D eigenvalue weighted by atomic mass is 16.5. The van der Waals surface area contributed by atoms with Crippen LogP contribution < -0.4 is 16.0 Å². The summed E-state index contributed by atoms with van der Waals surface area (Å²) in [4.78, 5) is 11.6. The van der Waals surface area contributed by atoms with Crippen molar-refractivity contribution >= 4 is 16.7 Å². The van der Waals surface area contributed by atoms with Crippen LogP contribution in [0.25, 0.3) is 10.8 Å². The highest BCUT2D eigenvalue weighted by Gasteiger charge is 2.18. The Morgan fingerprint density at radius 1 is 1.26 bits per heavy atom. The molecule has 4 heteroatoms. The van der Waals surface area contributed by atoms with Gasteiger partial charge in [-0.1, -0.05) is 43.7 Å². The summed E-state index contributed by atoms with van der Waals surface area (Å²) in [5, 5.41) is 2.23. The summed E-state index contributed by atoms with van der Waals surface area (Å²) in [5.74, 6) is 5.55. The second-order valence-corrected chi connectivity index (χ2v) is 4.41. The highest BCUT2D eigenvalue weighted by Crippen LogP contribution is 2.22. The Bertz CT molecular complexity index is 569. The first-order valence-electron chi connectivity index (χ1n) is 6.40. The van der Waals surface area contributed by atoms with Gasteiger partial charge < -0.3 is 4.74 Å². The van der Waals surface area contributed by atoms with E-state index >= 15 is 0 Å². The van der Waals surface area contributed by atoms with Crippen molar-refractivity contribution in [3.8, 4) is 5.75 Å². The van der Waals surface area contributed by atoms with Gasteiger partial charge in [0, 0.05) is 0 Å². The van der Waals surface area contributed by atoms with Gasteiger partial charge in [0.05, 0.1) is 0 Å². The number of fused-ring (bicyclic) bond motifs is 1. The van der Waals surface area contributed by atoms with Crippen molar-refractivity contribution < 1.29 is 9.53 Å². The second kappa shape index (κ2) is 6.20. The van der Waals surface area contributed by atoms with Crippen molar-refractivity contribution in [2.45, 2.75) is 25.9 Å². The van der Waals surface area contributed by atoms with Gasteiger partial charge in [-0.2, -0.15) is 0 Å². The third-order valence-corrected chi connectivity index (χ3v) is 2.98. The Balaban J connectivity index is 2.21. The molecule has 1 amide bonds. The second-order valence-electron chi connectivity index (χ2n) is 4.41. The van der Waals surface area contributed by atoms with Gasteiger partial charge in [0.25, 0.3) is 5.91 Å². The number of nitrogens with one attached hydrogen (secondary N) is 1. The Hall–Kier alpha value is -2.07. The molecule has 0 spiro atoms. The minimum Gasteiger partial charge on any atom is -0.481 e. The van der Waals surface area contributed by atoms with Gasteiger partial charge in [-0.15, -0.1) is 0 Å². The van der Waals surface area contributed by atoms with Crippen LogP contribution in [0.1, 0.15) is 19.8 Å². The smallest absolute Gasteiger partial charge is 0.274 e. The third kappa shape index (κ3) is 3.23. The van der Waals surface area contributed by atoms with E-state index < -0.39 is 6.10 Å². The lowest BCUT2D eigenvalue weighted by atomic mass is 10.1. The van der Waals surface area contributed by atoms with Crippen LogP contribution >= 0.6 is 0 Å². The van der Waals surface area contributed by atoms with Crippen LogP contribution in [0.15, 0.2) is 42.5 Å². The molecule has 3 N–H and O–H groups in total. The molecule has 0 aliphatic carbocycles. The monoisotopic (exact) mass is 258 g/mol. The number of nitrogens with two attached hydrogens (primary N) is 1. The van der Waals surface area contributed by atoms with Crippen molar-refractivity contribution in [2.24, 2.45) is 5.84 Å². The molecule has 0 fully saturated rings. The predicted molar refractivity (Wildman–Crippen MR) is 75.6 cm³/mol. The molecule has 100 valence electrons. The van der Waals surface area contributed by atoms with E-state index in [4.69, 9.17) is 10.6 Å². The summed E-state index contributed by atoms with van der Waals surface area (Å²) in [5.41, 5.74) is 2.14. The number of hydrogen-bond acceptors (Lipinski definition) is 3. The number of benzene rings is 2. The molecule has 2 rings (SSSR count). The van der Waals surface area contributed by atoms with E-state index in [2.05, 4.69) is 5.43 Å². The van der Waals surface area contributed by atoms with Gasteiger partial charge in [0.1, 0.15) is 5.75 Å². The van der Waals surface area contributed by atoms with E-state index in [0.717, 1.165) is 17.2 Å². The van der Waals surface area contributed by atoms with Crippen LogP contribution in [-0.4, -0.2) is 12.0 Å². The summed E-state index contributed by atoms with van der Waals surface area (Å²) >= 11 is 0. The molecule has 0 aliphatic heterocycles. The zero-order chi connectivity index (χ0) is 13.7. The summed E-state index contributed by atoms with van der Waals surface area (Å²) in [6.07, 6.45) is 0.942. The maximum absolute atomic E-state index is 11.6. The minimum atomic E-state index is -0.545. The van der Waals surface area contributed by atoms with Gasteiger partial charge in [0.2, 0.25) is 0 Å². The SMILES string of the molecule is CCCC(Oc1ccc2ccccc2c1)C(=O)NN. The van der Waals surface area contributed by atoms with E-state index in [9.17, 15) is 4.79 Å². The summed E-state index contributed by atoms with van der Waals surface area (Å²) in [6, 6.07) is 13.8. The number of hydrogen-bond donors (Lipinski definition) is 2. The van der Waals surface area contributed by atoms with E-state index in [0.29, 0.717) is 12.2 Å². The van der Waals surface area contributed by atoms with Crippen LogP contribution in [0.4, 0.5) is 0 Å². The van der Waals surface area contributed by atoms with E-state index in [1.54, 1.807) is 0 Å². The number of amides is 1. The molecule has 1 unspecified atom stereocenters. The van der Waals surface area contributed by atoms with Gasteiger partial charge in [-0.05, 0) is 29.3 Å². The van der Waals surface area contributed by atoms with E-state index in [1.807, 2.05) is 49.4 Å². The number of carbonyl (C=O) groups excluding carboxylic acids is 1. The Kier molecular flexibility index (Phi) is 4.36. The van der Waals surface area contributed by atoms with Crippen molar-refractivity contribution in [3.63, 3.8) is 0 Å². The number of carbonyl (C=O) groups is 1. The maximum atomic E-state index is 11.6. The number of ether oxygens (including phenoxy) is 1. The zero-order valence-electron chi connectivity index (χ0n) is 10.9. The minimum absolute atomic E-state index is 0.296. The molecule has 0 saturated carbocycles. The normalized spacial score (nSPS) is 12.1. The lowest BCUT2D eigenvalue weighted by molar-refractivity contribution is -0.128. The first-order chi connectivity index (χ1) is 9.24. The fourth-order valence-corrected chi connectivity index (χ4v) is 2.00. The lowest BCUT2D eigenvalue weighted by Crippen LogP contribution is -2.42. The Morgan fingerprint density at radius 3 is 2.68 bits per heavy atom. The molecule has 2 aromatic rings. The van der Waals surface area contributed by atoms with Crippen molar-refractivity contribution in [1.82, 2.24) is 5.43 Å². The van der Waals surface area contributed by atoms with Crippen LogP contribution in [0.5, 0.6) is 5.75 Å². The molecule has 0 heterocycles. The molecule has 0 bridgehead atoms. The molecule has 0 radical (unpaired) electrons. The average molecular weight is 258 g/mol. The number of hydrazine groups is 1. The molecule has 19 heavy (non-hydrogen) atoms. The summed E-state index contributed by atoms with van der Waals surface area (Å²) < 4.78 is 5.72. The first-order valence-corrected chi connectivity index (χ1v) is 6.40. The number of rotatable bonds is 5. The topological polar surface area (TPSA) is 64.3 Å². The molecule has 4 nitrogen and oxygen atoms in total. The Morgan fingerprint density at radius 2 is 2.00 bits per heavy atom. The van der Waals surface area contributed by atoms with Crippen LogP contribution in [0.2, 0.25) is 0 Å². The maximum Gasteiger partial charge on any atom is 0.274 e. The molecular formula is C15H18N2O2. The highest BCUT2D eigenvalue weighted by molar-refractivity contribution is 5.84. The molecule has 0 aromatic heterocycles. The zero-order valence-corrected chi connectivity index (χ0v) is 10.9. The average Bonchev–Trinajstić information content (AvgIpc) is 2.46. The van der Waals surface area contributed by atoms with Crippen molar-refractivity contribution in [3.05, 3.63) is 42.5 Å². The van der Waals surface area contributed by atoms with Crippen molar-refractivity contribution in [1.29, 1.82) is 0 Å². The Labute approximate surface area is 112 Å². The molecule has 0 aliphatic rings. The van der Waals surface area contributed by atoms with Gasteiger partial charge in [-0.25, -0.2) is 5.84 Å². The summed E-state index contributed by atoms with van der Waals surface area (Å²) in [6.45, 7) is 2.00. The van der Waals surface area contributed by atoms with Gasteiger partial charge in [0.15, 0.2) is 6.10 Å². The van der Waals surface area contributed by atoms with Crippen LogP contribution in [0, 0.1) is 0 Å². The predicted octanol–water partition coefficient (Wildman–Crippen LogP) is 2.38. The standard InChI is InChI=1S/C15H18N2O2/c1-2-5-14(15(18)17-16)19-13-9-8-11-6-3-4-7-12(11)10-13/h3-4,6-10,14H,2,5,16H2,1H3,(H,17,18). The molecule has 2 aromatic carbocycles. The van der Waals surface area contributed by atoms with E-state index in [-0.39, 0.29) is 5.91 Å². The largest absolute Gasteiger partial charge is 0.481 e. The lowest BCUT2D eigenvalue weighted by Gasteiger charge is -2.17. The third-order valence-electron chi connectivity index (χ3n) is 2.98. The molecular weight excluding hydrogens is 240 g/mol. The summed E-state index contributed by atoms with van der Waals surface area (Å²) in [7, 11) is 0. The molecule has 0 saturated heterocycles.